The van der Waals surface area contributed by atoms with Gasteiger partial charge in [-0.15, -0.1) is 0 Å². The van der Waals surface area contributed by atoms with Crippen LogP contribution in [-0.2, 0) is 29.1 Å². The van der Waals surface area contributed by atoms with Crippen LogP contribution in [-0.4, -0.2) is 67.3 Å². The van der Waals surface area contributed by atoms with Gasteiger partial charge in [-0.2, -0.15) is 13.2 Å². The van der Waals surface area contributed by atoms with Crippen LogP contribution in [0, 0.1) is 5.92 Å². The number of halogens is 5. The van der Waals surface area contributed by atoms with Crippen LogP contribution in [0.25, 0.3) is 10.9 Å². The molecule has 7 nitrogen and oxygen atoms in total. The predicted molar refractivity (Wildman–Crippen MR) is 146 cm³/mol. The number of rotatable bonds is 8. The van der Waals surface area contributed by atoms with Gasteiger partial charge in [0.2, 0.25) is 0 Å². The second-order valence-corrected chi connectivity index (χ2v) is 13.2. The number of aromatic nitrogens is 2. The summed E-state index contributed by atoms with van der Waals surface area (Å²) < 4.78 is 68.9. The lowest BCUT2D eigenvalue weighted by Gasteiger charge is -2.22. The molecular weight excluding hydrogens is 576 g/mol. The lowest BCUT2D eigenvalue weighted by molar-refractivity contribution is -0.138. The van der Waals surface area contributed by atoms with E-state index < -0.39 is 27.1 Å². The molecule has 2 heterocycles. The van der Waals surface area contributed by atoms with Crippen molar-refractivity contribution < 1.29 is 21.6 Å². The van der Waals surface area contributed by atoms with E-state index in [2.05, 4.69) is 9.88 Å². The molecule has 0 saturated carbocycles. The topological polar surface area (TPSA) is 75.5 Å². The largest absolute Gasteiger partial charge is 0.416 e. The van der Waals surface area contributed by atoms with Crippen LogP contribution in [0.4, 0.5) is 13.2 Å². The van der Waals surface area contributed by atoms with E-state index in [1.807, 2.05) is 19.0 Å². The number of alkyl halides is 3. The van der Waals surface area contributed by atoms with Crippen LogP contribution in [0.1, 0.15) is 30.0 Å². The minimum atomic E-state index is -4.75. The normalized spacial score (nSPS) is 17.0. The van der Waals surface area contributed by atoms with Crippen LogP contribution < -0.4 is 5.56 Å². The van der Waals surface area contributed by atoms with Crippen LogP contribution in [0.5, 0.6) is 0 Å². The first-order chi connectivity index (χ1) is 18.2. The van der Waals surface area contributed by atoms with Gasteiger partial charge < -0.3 is 4.90 Å². The van der Waals surface area contributed by atoms with Crippen molar-refractivity contribution >= 4 is 43.9 Å². The van der Waals surface area contributed by atoms with Gasteiger partial charge in [0, 0.05) is 24.7 Å². The van der Waals surface area contributed by atoms with Gasteiger partial charge >= 0.3 is 6.18 Å². The Kier molecular flexibility index (Phi) is 8.68. The lowest BCUT2D eigenvalue weighted by Crippen LogP contribution is -2.27. The molecule has 0 unspecified atom stereocenters. The van der Waals surface area contributed by atoms with E-state index in [1.165, 1.54) is 31.5 Å². The Morgan fingerprint density at radius 2 is 1.87 bits per heavy atom. The molecule has 1 aliphatic heterocycles. The highest BCUT2D eigenvalue weighted by atomic mass is 35.5. The Balaban J connectivity index is 1.77. The van der Waals surface area contributed by atoms with Crippen LogP contribution >= 0.6 is 23.2 Å². The van der Waals surface area contributed by atoms with E-state index in [1.54, 1.807) is 0 Å². The number of hydrogen-bond donors (Lipinski definition) is 0. The average molecular weight is 606 g/mol. The Morgan fingerprint density at radius 3 is 2.51 bits per heavy atom. The van der Waals surface area contributed by atoms with Crippen molar-refractivity contribution in [1.29, 1.82) is 0 Å². The van der Waals surface area contributed by atoms with Crippen molar-refractivity contribution in [2.75, 3.05) is 39.5 Å². The maximum absolute atomic E-state index is 14.2. The molecule has 1 fully saturated rings. The molecule has 0 radical (unpaired) electrons. The molecular formula is C26H29Cl2F3N4O3S. The number of sulfone groups is 1. The number of benzene rings is 2. The summed E-state index contributed by atoms with van der Waals surface area (Å²) in [4.78, 5) is 21.6. The highest BCUT2D eigenvalue weighted by Gasteiger charge is 2.37. The molecule has 2 aromatic carbocycles. The van der Waals surface area contributed by atoms with Crippen molar-refractivity contribution in [1.82, 2.24) is 19.4 Å². The van der Waals surface area contributed by atoms with E-state index in [-0.39, 0.29) is 55.8 Å². The third-order valence-corrected chi connectivity index (χ3v) is 9.39. The van der Waals surface area contributed by atoms with E-state index in [9.17, 15) is 26.4 Å². The molecule has 0 bridgehead atoms. The number of fused-ring (bicyclic) bond motifs is 1. The third-order valence-electron chi connectivity index (χ3n) is 6.92. The zero-order valence-electron chi connectivity index (χ0n) is 21.7. The second kappa shape index (κ2) is 11.4. The molecule has 4 rings (SSSR count). The summed E-state index contributed by atoms with van der Waals surface area (Å²) in [5, 5.41) is -0.256. The first-order valence-electron chi connectivity index (χ1n) is 12.4. The molecule has 3 aromatic rings. The van der Waals surface area contributed by atoms with Crippen molar-refractivity contribution in [2.24, 2.45) is 5.92 Å². The molecule has 0 spiro atoms. The maximum atomic E-state index is 14.2. The fraction of sp³-hybridized carbons (Fsp3) is 0.462. The van der Waals surface area contributed by atoms with Gasteiger partial charge in [-0.05, 0) is 68.4 Å². The summed E-state index contributed by atoms with van der Waals surface area (Å²) in [6.45, 7) is 3.34. The average Bonchev–Trinajstić information content (AvgIpc) is 3.27. The first-order valence-corrected chi connectivity index (χ1v) is 14.8. The van der Waals surface area contributed by atoms with Crippen molar-refractivity contribution in [3.8, 4) is 0 Å². The molecule has 1 aromatic heterocycles. The highest BCUT2D eigenvalue weighted by molar-refractivity contribution is 7.91. The quantitative estimate of drug-likeness (QED) is 0.362. The van der Waals surface area contributed by atoms with Crippen LogP contribution in [0.15, 0.2) is 40.3 Å². The number of nitrogens with zero attached hydrogens (tertiary/aromatic N) is 4. The summed E-state index contributed by atoms with van der Waals surface area (Å²) in [7, 11) is 0.261. The fourth-order valence-corrected chi connectivity index (χ4v) is 6.70. The molecule has 0 aliphatic carbocycles. The van der Waals surface area contributed by atoms with E-state index in [0.717, 1.165) is 23.6 Å². The van der Waals surface area contributed by atoms with Gasteiger partial charge in [0.05, 0.1) is 45.0 Å². The lowest BCUT2D eigenvalue weighted by atomic mass is 10.0. The summed E-state index contributed by atoms with van der Waals surface area (Å²) in [5.74, 6) is 0.166. The maximum Gasteiger partial charge on any atom is 0.416 e. The van der Waals surface area contributed by atoms with E-state index in [4.69, 9.17) is 23.2 Å². The van der Waals surface area contributed by atoms with Crippen molar-refractivity contribution in [3.63, 3.8) is 0 Å². The number of likely N-dealkylation sites (tertiary alicyclic amines) is 1. The zero-order chi connectivity index (χ0) is 28.7. The van der Waals surface area contributed by atoms with E-state index >= 15 is 0 Å². The molecule has 1 atom stereocenters. The Morgan fingerprint density at radius 1 is 1.15 bits per heavy atom. The van der Waals surface area contributed by atoms with Crippen molar-refractivity contribution in [3.05, 3.63) is 67.7 Å². The highest BCUT2D eigenvalue weighted by Crippen LogP contribution is 2.39. The SMILES string of the molecule is CCS(=O)(=O)c1ccc(Cl)cc1Cn1cnc2c(Cl)c(CN3CC[C@H](CN(C)C)C3)c(C(F)(F)F)cc2c1=O. The van der Waals surface area contributed by atoms with Gasteiger partial charge in [-0.1, -0.05) is 30.1 Å². The van der Waals surface area contributed by atoms with Gasteiger partial charge in [0.15, 0.2) is 9.84 Å². The second-order valence-electron chi connectivity index (χ2n) is 10.1. The van der Waals surface area contributed by atoms with E-state index in [0.29, 0.717) is 19.0 Å². The molecule has 0 amide bonds. The monoisotopic (exact) mass is 604 g/mol. The first kappa shape index (κ1) is 29.8. The van der Waals surface area contributed by atoms with Gasteiger partial charge in [-0.3, -0.25) is 14.3 Å². The smallest absolute Gasteiger partial charge is 0.309 e. The van der Waals surface area contributed by atoms with Crippen LogP contribution in [0.2, 0.25) is 10.0 Å². The molecule has 1 saturated heterocycles. The molecule has 0 N–H and O–H groups in total. The zero-order valence-corrected chi connectivity index (χ0v) is 24.1. The van der Waals surface area contributed by atoms with Gasteiger partial charge in [0.1, 0.15) is 0 Å². The minimum absolute atomic E-state index is 0.0102. The molecule has 39 heavy (non-hydrogen) atoms. The Bertz CT molecular complexity index is 1560. The Labute approximate surface area is 235 Å². The predicted octanol–water partition coefficient (Wildman–Crippen LogP) is 4.95. The summed E-state index contributed by atoms with van der Waals surface area (Å²) in [5.41, 5.74) is -1.67. The molecule has 1 aliphatic rings. The Hall–Kier alpha value is -2.18. The summed E-state index contributed by atoms with van der Waals surface area (Å²) in [6, 6.07) is 4.99. The van der Waals surface area contributed by atoms with Gasteiger partial charge in [-0.25, -0.2) is 13.4 Å². The number of hydrogen-bond acceptors (Lipinski definition) is 6. The van der Waals surface area contributed by atoms with Gasteiger partial charge in [0.25, 0.3) is 5.56 Å². The third kappa shape index (κ3) is 6.43. The standard InChI is InChI=1S/C26H29Cl2F3N4O3S/c1-4-39(37,38)22-6-5-18(27)9-17(22)13-35-15-32-24-19(25(35)36)10-21(26(29,30)31)20(23(24)28)14-34-8-7-16(12-34)11-33(2)3/h5-6,9-10,15-16H,4,7-8,11-14H2,1-3H3/t16-/m1/s1. The summed E-state index contributed by atoms with van der Waals surface area (Å²) >= 11 is 12.6. The van der Waals surface area contributed by atoms with Crippen LogP contribution in [0.3, 0.4) is 0 Å². The fourth-order valence-electron chi connectivity index (χ4n) is 5.08. The van der Waals surface area contributed by atoms with Crippen molar-refractivity contribution in [2.45, 2.75) is 37.5 Å². The molecule has 13 heteroatoms. The summed E-state index contributed by atoms with van der Waals surface area (Å²) in [6.07, 6.45) is -2.72. The molecule has 212 valence electrons. The minimum Gasteiger partial charge on any atom is -0.309 e.